The van der Waals surface area contributed by atoms with Crippen molar-refractivity contribution in [3.05, 3.63) is 83.9 Å². The van der Waals surface area contributed by atoms with Gasteiger partial charge in [0.15, 0.2) is 5.75 Å². The molecule has 32 heavy (non-hydrogen) atoms. The largest absolute Gasteiger partial charge is 0.455 e. The molecule has 0 bridgehead atoms. The number of aryl methyl sites for hydroxylation is 1. The molecule has 0 aromatic heterocycles. The van der Waals surface area contributed by atoms with Gasteiger partial charge in [-0.1, -0.05) is 62.4 Å². The first-order valence-corrected chi connectivity index (χ1v) is 12.2. The van der Waals surface area contributed by atoms with E-state index in [9.17, 15) is 13.2 Å². The van der Waals surface area contributed by atoms with Crippen molar-refractivity contribution in [1.29, 1.82) is 0 Å². The normalized spacial score (nSPS) is 11.3. The zero-order valence-corrected chi connectivity index (χ0v) is 19.5. The number of nitrogens with one attached hydrogen (secondary N) is 1. The molecule has 0 aliphatic heterocycles. The minimum absolute atomic E-state index is 0.205. The van der Waals surface area contributed by atoms with Crippen molar-refractivity contribution in [2.75, 3.05) is 22.4 Å². The highest BCUT2D eigenvalue weighted by molar-refractivity contribution is 7.92. The van der Waals surface area contributed by atoms with Gasteiger partial charge in [0.2, 0.25) is 15.9 Å². The first kappa shape index (κ1) is 23.3. The number of para-hydroxylation sites is 4. The van der Waals surface area contributed by atoms with Gasteiger partial charge in [0.1, 0.15) is 12.3 Å². The molecule has 0 unspecified atom stereocenters. The molecule has 7 heteroatoms. The van der Waals surface area contributed by atoms with E-state index in [0.29, 0.717) is 17.2 Å². The molecule has 0 aliphatic carbocycles. The molecule has 0 heterocycles. The van der Waals surface area contributed by atoms with Crippen LogP contribution in [0.25, 0.3) is 0 Å². The van der Waals surface area contributed by atoms with Gasteiger partial charge >= 0.3 is 0 Å². The highest BCUT2D eigenvalue weighted by Crippen LogP contribution is 2.34. The van der Waals surface area contributed by atoms with E-state index in [1.165, 1.54) is 0 Å². The third-order valence-electron chi connectivity index (χ3n) is 4.98. The van der Waals surface area contributed by atoms with E-state index in [2.05, 4.69) is 5.32 Å². The maximum atomic E-state index is 13.0. The van der Waals surface area contributed by atoms with Crippen molar-refractivity contribution in [3.8, 4) is 11.5 Å². The van der Waals surface area contributed by atoms with Gasteiger partial charge in [-0.2, -0.15) is 0 Å². The third kappa shape index (κ3) is 5.68. The van der Waals surface area contributed by atoms with Crippen LogP contribution in [0.4, 0.5) is 11.4 Å². The summed E-state index contributed by atoms with van der Waals surface area (Å²) in [4.78, 5) is 13.0. The van der Waals surface area contributed by atoms with Crippen LogP contribution in [0.5, 0.6) is 11.5 Å². The smallest absolute Gasteiger partial charge is 0.245 e. The van der Waals surface area contributed by atoms with Crippen LogP contribution in [-0.2, 0) is 14.8 Å². The zero-order chi connectivity index (χ0) is 23.3. The Balaban J connectivity index is 1.91. The van der Waals surface area contributed by atoms with E-state index < -0.39 is 15.9 Å². The Bertz CT molecular complexity index is 1190. The lowest BCUT2D eigenvalue weighted by Crippen LogP contribution is -2.37. The minimum atomic E-state index is -3.76. The topological polar surface area (TPSA) is 75.7 Å². The number of amides is 1. The zero-order valence-electron chi connectivity index (χ0n) is 18.7. The van der Waals surface area contributed by atoms with Crippen molar-refractivity contribution < 1.29 is 17.9 Å². The van der Waals surface area contributed by atoms with Crippen LogP contribution in [0.15, 0.2) is 72.8 Å². The lowest BCUT2D eigenvalue weighted by atomic mass is 9.98. The summed E-state index contributed by atoms with van der Waals surface area (Å²) in [5.74, 6) is 0.687. The van der Waals surface area contributed by atoms with Gasteiger partial charge in [0.05, 0.1) is 11.9 Å². The number of carbonyl (C=O) groups is 1. The van der Waals surface area contributed by atoms with Crippen LogP contribution in [0, 0.1) is 6.92 Å². The summed E-state index contributed by atoms with van der Waals surface area (Å²) >= 11 is 0. The van der Waals surface area contributed by atoms with E-state index in [0.717, 1.165) is 27.4 Å². The second-order valence-electron chi connectivity index (χ2n) is 7.89. The Hall–Kier alpha value is -3.32. The highest BCUT2D eigenvalue weighted by Gasteiger charge is 2.25. The van der Waals surface area contributed by atoms with Crippen LogP contribution < -0.4 is 14.4 Å². The molecule has 3 rings (SSSR count). The van der Waals surface area contributed by atoms with E-state index in [1.54, 1.807) is 36.4 Å². The fourth-order valence-electron chi connectivity index (χ4n) is 3.40. The second kappa shape index (κ2) is 9.87. The summed E-state index contributed by atoms with van der Waals surface area (Å²) in [5.41, 5.74) is 2.93. The number of benzene rings is 3. The molecule has 1 amide bonds. The quantitative estimate of drug-likeness (QED) is 0.502. The van der Waals surface area contributed by atoms with Gasteiger partial charge in [-0.25, -0.2) is 8.42 Å². The summed E-state index contributed by atoms with van der Waals surface area (Å²) in [6.07, 6.45) is 1.08. The third-order valence-corrected chi connectivity index (χ3v) is 6.11. The number of rotatable bonds is 8. The summed E-state index contributed by atoms with van der Waals surface area (Å²) in [5, 5.41) is 2.92. The lowest BCUT2D eigenvalue weighted by molar-refractivity contribution is -0.114. The molecular weight excluding hydrogens is 424 g/mol. The summed E-state index contributed by atoms with van der Waals surface area (Å²) in [6.45, 7) is 5.63. The van der Waals surface area contributed by atoms with Crippen molar-refractivity contribution in [3.63, 3.8) is 0 Å². The molecule has 0 radical (unpaired) electrons. The van der Waals surface area contributed by atoms with Gasteiger partial charge in [0, 0.05) is 5.69 Å². The monoisotopic (exact) mass is 452 g/mol. The van der Waals surface area contributed by atoms with Gasteiger partial charge in [0.25, 0.3) is 0 Å². The molecule has 0 spiro atoms. The Labute approximate surface area is 189 Å². The molecule has 0 saturated heterocycles. The predicted molar refractivity (Wildman–Crippen MR) is 129 cm³/mol. The minimum Gasteiger partial charge on any atom is -0.455 e. The fraction of sp³-hybridized carbons (Fsp3) is 0.240. The molecule has 3 aromatic rings. The first-order chi connectivity index (χ1) is 15.2. The Kier molecular flexibility index (Phi) is 7.20. The average Bonchev–Trinajstić information content (AvgIpc) is 2.74. The number of carbonyl (C=O) groups excluding carboxylic acids is 1. The number of ether oxygens (including phenoxy) is 1. The van der Waals surface area contributed by atoms with Crippen LogP contribution in [-0.4, -0.2) is 27.1 Å². The second-order valence-corrected chi connectivity index (χ2v) is 9.80. The van der Waals surface area contributed by atoms with Gasteiger partial charge in [-0.05, 0) is 48.2 Å². The van der Waals surface area contributed by atoms with E-state index >= 15 is 0 Å². The predicted octanol–water partition coefficient (Wildman–Crippen LogP) is 5.32. The lowest BCUT2D eigenvalue weighted by Gasteiger charge is -2.25. The standard InChI is InChI=1S/C25H28N2O4S/c1-18(2)21-14-10-11-19(3)25(21)26-24(28)17-27(32(4,29)30)22-15-8-9-16-23(22)31-20-12-6-5-7-13-20/h5-16,18H,17H2,1-4H3,(H,26,28). The molecule has 3 aromatic carbocycles. The van der Waals surface area contributed by atoms with E-state index in [4.69, 9.17) is 4.74 Å². The molecular formula is C25H28N2O4S. The molecule has 0 saturated carbocycles. The Morgan fingerprint density at radius 1 is 0.969 bits per heavy atom. The average molecular weight is 453 g/mol. The maximum Gasteiger partial charge on any atom is 0.245 e. The molecule has 0 fully saturated rings. The van der Waals surface area contributed by atoms with Crippen LogP contribution in [0.2, 0.25) is 0 Å². The summed E-state index contributed by atoms with van der Waals surface area (Å²) in [6, 6.07) is 21.7. The summed E-state index contributed by atoms with van der Waals surface area (Å²) < 4.78 is 32.3. The SMILES string of the molecule is Cc1cccc(C(C)C)c1NC(=O)CN(c1ccccc1Oc1ccccc1)S(C)(=O)=O. The van der Waals surface area contributed by atoms with Gasteiger partial charge < -0.3 is 10.1 Å². The Morgan fingerprint density at radius 3 is 2.28 bits per heavy atom. The maximum absolute atomic E-state index is 13.0. The van der Waals surface area contributed by atoms with Crippen molar-refractivity contribution >= 4 is 27.3 Å². The molecule has 0 aliphatic rings. The fourth-order valence-corrected chi connectivity index (χ4v) is 4.26. The van der Waals surface area contributed by atoms with Crippen molar-refractivity contribution in [2.24, 2.45) is 0 Å². The van der Waals surface area contributed by atoms with E-state index in [-0.39, 0.29) is 12.5 Å². The molecule has 6 nitrogen and oxygen atoms in total. The number of hydrogen-bond acceptors (Lipinski definition) is 4. The first-order valence-electron chi connectivity index (χ1n) is 10.4. The van der Waals surface area contributed by atoms with Crippen LogP contribution in [0.1, 0.15) is 30.9 Å². The van der Waals surface area contributed by atoms with E-state index in [1.807, 2.05) is 57.2 Å². The van der Waals surface area contributed by atoms with Gasteiger partial charge in [-0.15, -0.1) is 0 Å². The highest BCUT2D eigenvalue weighted by atomic mass is 32.2. The van der Waals surface area contributed by atoms with Crippen molar-refractivity contribution in [1.82, 2.24) is 0 Å². The molecule has 1 N–H and O–H groups in total. The van der Waals surface area contributed by atoms with Crippen LogP contribution in [0.3, 0.4) is 0 Å². The Morgan fingerprint density at radius 2 is 1.62 bits per heavy atom. The van der Waals surface area contributed by atoms with Crippen LogP contribution >= 0.6 is 0 Å². The number of nitrogens with zero attached hydrogens (tertiary/aromatic N) is 1. The van der Waals surface area contributed by atoms with Gasteiger partial charge in [-0.3, -0.25) is 9.10 Å². The summed E-state index contributed by atoms with van der Waals surface area (Å²) in [7, 11) is -3.76. The molecule has 168 valence electrons. The number of anilines is 2. The number of sulfonamides is 1. The van der Waals surface area contributed by atoms with Crippen molar-refractivity contribution in [2.45, 2.75) is 26.7 Å². The number of hydrogen-bond donors (Lipinski definition) is 1. The molecule has 0 atom stereocenters.